The number of rotatable bonds is 2. The largest absolute Gasteiger partial charge is 0.336 e. The van der Waals surface area contributed by atoms with Crippen molar-refractivity contribution in [2.45, 2.75) is 38.8 Å². The molecule has 3 rings (SSSR count). The molecule has 4 nitrogen and oxygen atoms in total. The van der Waals surface area contributed by atoms with Crippen LogP contribution in [0.5, 0.6) is 0 Å². The number of nitrogens with zero attached hydrogens (tertiary/aromatic N) is 2. The van der Waals surface area contributed by atoms with Crippen LogP contribution in [0, 0.1) is 0 Å². The van der Waals surface area contributed by atoms with Gasteiger partial charge in [0.15, 0.2) is 0 Å². The van der Waals surface area contributed by atoms with Gasteiger partial charge in [0, 0.05) is 36.3 Å². The summed E-state index contributed by atoms with van der Waals surface area (Å²) in [4.78, 5) is 28.4. The average molecular weight is 272 g/mol. The second-order valence-electron chi connectivity index (χ2n) is 5.85. The van der Waals surface area contributed by atoms with Gasteiger partial charge in [0.25, 0.3) is 11.8 Å². The summed E-state index contributed by atoms with van der Waals surface area (Å²) >= 11 is 0. The third-order valence-corrected chi connectivity index (χ3v) is 4.52. The van der Waals surface area contributed by atoms with Crippen LogP contribution < -0.4 is 0 Å². The molecule has 2 aliphatic rings. The van der Waals surface area contributed by atoms with Crippen LogP contribution >= 0.6 is 0 Å². The van der Waals surface area contributed by atoms with Gasteiger partial charge in [-0.3, -0.25) is 9.59 Å². The number of hydrogen-bond donors (Lipinski definition) is 0. The van der Waals surface area contributed by atoms with Crippen LogP contribution in [0.4, 0.5) is 0 Å². The fourth-order valence-electron chi connectivity index (χ4n) is 2.75. The Morgan fingerprint density at radius 1 is 0.950 bits per heavy atom. The van der Waals surface area contributed by atoms with Gasteiger partial charge in [-0.05, 0) is 44.9 Å². The molecule has 2 heterocycles. The lowest BCUT2D eigenvalue weighted by atomic mass is 10.00. The molecular weight excluding hydrogens is 252 g/mol. The van der Waals surface area contributed by atoms with Crippen molar-refractivity contribution in [1.82, 2.24) is 9.80 Å². The van der Waals surface area contributed by atoms with Crippen LogP contribution in [0.3, 0.4) is 0 Å². The number of amides is 2. The summed E-state index contributed by atoms with van der Waals surface area (Å²) in [5.74, 6) is 0.0742. The zero-order valence-corrected chi connectivity index (χ0v) is 12.0. The number of likely N-dealkylation sites (tertiary alicyclic amines) is 2. The fraction of sp³-hybridized carbons (Fsp3) is 0.500. The van der Waals surface area contributed by atoms with Gasteiger partial charge in [-0.1, -0.05) is 6.07 Å². The zero-order chi connectivity index (χ0) is 14.3. The van der Waals surface area contributed by atoms with E-state index in [1.807, 2.05) is 9.80 Å². The molecule has 2 aliphatic heterocycles. The van der Waals surface area contributed by atoms with E-state index in [1.54, 1.807) is 24.3 Å². The van der Waals surface area contributed by atoms with Crippen molar-refractivity contribution >= 4 is 11.8 Å². The van der Waals surface area contributed by atoms with Crippen molar-refractivity contribution in [3.63, 3.8) is 0 Å². The molecule has 2 unspecified atom stereocenters. The summed E-state index contributed by atoms with van der Waals surface area (Å²) in [5, 5.41) is 0. The highest BCUT2D eigenvalue weighted by Gasteiger charge is 2.31. The molecule has 106 valence electrons. The number of carbonyl (C=O) groups excluding carboxylic acids is 2. The molecule has 1 aromatic carbocycles. The van der Waals surface area contributed by atoms with E-state index in [1.165, 1.54) is 0 Å². The van der Waals surface area contributed by atoms with Gasteiger partial charge in [-0.2, -0.15) is 0 Å². The highest BCUT2D eigenvalue weighted by Crippen LogP contribution is 2.23. The Balaban J connectivity index is 1.79. The standard InChI is InChI=1S/C16H20N2O2/c1-11-6-8-17(11)15(19)13-4-3-5-14(10-13)16(20)18-9-7-12(18)2/h3-5,10-12H,6-9H2,1-2H3. The molecule has 0 saturated carbocycles. The minimum absolute atomic E-state index is 0.0371. The maximum Gasteiger partial charge on any atom is 0.254 e. The Morgan fingerprint density at radius 3 is 1.70 bits per heavy atom. The molecule has 2 amide bonds. The number of carbonyl (C=O) groups is 2. The lowest BCUT2D eigenvalue weighted by Crippen LogP contribution is -2.50. The predicted molar refractivity (Wildman–Crippen MR) is 76.7 cm³/mol. The minimum Gasteiger partial charge on any atom is -0.336 e. The summed E-state index contributed by atoms with van der Waals surface area (Å²) in [6.07, 6.45) is 2.13. The molecule has 4 heteroatoms. The van der Waals surface area contributed by atoms with Crippen LogP contribution in [0.1, 0.15) is 47.4 Å². The summed E-state index contributed by atoms with van der Waals surface area (Å²) in [5.41, 5.74) is 1.24. The third-order valence-electron chi connectivity index (χ3n) is 4.52. The molecular formula is C16H20N2O2. The Hall–Kier alpha value is -1.84. The lowest BCUT2D eigenvalue weighted by Gasteiger charge is -2.39. The first-order chi connectivity index (χ1) is 9.58. The van der Waals surface area contributed by atoms with E-state index in [9.17, 15) is 9.59 Å². The molecule has 1 aromatic rings. The monoisotopic (exact) mass is 272 g/mol. The molecule has 2 atom stereocenters. The van der Waals surface area contributed by atoms with Crippen molar-refractivity contribution in [2.24, 2.45) is 0 Å². The normalized spacial score (nSPS) is 24.9. The van der Waals surface area contributed by atoms with Crippen molar-refractivity contribution in [3.05, 3.63) is 35.4 Å². The summed E-state index contributed by atoms with van der Waals surface area (Å²) in [6, 6.07) is 7.76. The van der Waals surface area contributed by atoms with E-state index in [0.717, 1.165) is 25.9 Å². The van der Waals surface area contributed by atoms with Gasteiger partial charge < -0.3 is 9.80 Å². The first-order valence-corrected chi connectivity index (χ1v) is 7.30. The molecule has 2 fully saturated rings. The second kappa shape index (κ2) is 4.93. The Labute approximate surface area is 119 Å². The fourth-order valence-corrected chi connectivity index (χ4v) is 2.75. The van der Waals surface area contributed by atoms with E-state index in [4.69, 9.17) is 0 Å². The van der Waals surface area contributed by atoms with Crippen LogP contribution in [-0.2, 0) is 0 Å². The first-order valence-electron chi connectivity index (χ1n) is 7.30. The maximum atomic E-state index is 12.3. The van der Waals surface area contributed by atoms with E-state index in [2.05, 4.69) is 13.8 Å². The summed E-state index contributed by atoms with van der Waals surface area (Å²) in [6.45, 7) is 5.75. The van der Waals surface area contributed by atoms with Crippen LogP contribution in [-0.4, -0.2) is 46.8 Å². The van der Waals surface area contributed by atoms with Gasteiger partial charge in [-0.15, -0.1) is 0 Å². The van der Waals surface area contributed by atoms with E-state index < -0.39 is 0 Å². The number of hydrogen-bond acceptors (Lipinski definition) is 2. The number of benzene rings is 1. The molecule has 0 aromatic heterocycles. The smallest absolute Gasteiger partial charge is 0.254 e. The Bertz CT molecular complexity index is 510. The molecule has 0 radical (unpaired) electrons. The van der Waals surface area contributed by atoms with E-state index >= 15 is 0 Å². The topological polar surface area (TPSA) is 40.6 Å². The molecule has 0 N–H and O–H groups in total. The summed E-state index contributed by atoms with van der Waals surface area (Å²) in [7, 11) is 0. The highest BCUT2D eigenvalue weighted by atomic mass is 16.2. The molecule has 0 bridgehead atoms. The second-order valence-corrected chi connectivity index (χ2v) is 5.85. The van der Waals surface area contributed by atoms with Crippen LogP contribution in [0.15, 0.2) is 24.3 Å². The Kier molecular flexibility index (Phi) is 3.24. The van der Waals surface area contributed by atoms with E-state index in [-0.39, 0.29) is 11.8 Å². The Morgan fingerprint density at radius 2 is 1.40 bits per heavy atom. The van der Waals surface area contributed by atoms with Gasteiger partial charge in [0.2, 0.25) is 0 Å². The maximum absolute atomic E-state index is 12.3. The quantitative estimate of drug-likeness (QED) is 0.827. The van der Waals surface area contributed by atoms with Gasteiger partial charge in [0.05, 0.1) is 0 Å². The van der Waals surface area contributed by atoms with Gasteiger partial charge in [0.1, 0.15) is 0 Å². The molecule has 0 spiro atoms. The van der Waals surface area contributed by atoms with E-state index in [0.29, 0.717) is 23.2 Å². The average Bonchev–Trinajstić information content (AvgIpc) is 2.44. The summed E-state index contributed by atoms with van der Waals surface area (Å²) < 4.78 is 0. The predicted octanol–water partition coefficient (Wildman–Crippen LogP) is 2.16. The van der Waals surface area contributed by atoms with Crippen LogP contribution in [0.25, 0.3) is 0 Å². The molecule has 0 aliphatic carbocycles. The highest BCUT2D eigenvalue weighted by molar-refractivity contribution is 6.00. The van der Waals surface area contributed by atoms with Gasteiger partial charge in [-0.25, -0.2) is 0 Å². The van der Waals surface area contributed by atoms with Gasteiger partial charge >= 0.3 is 0 Å². The van der Waals surface area contributed by atoms with Crippen molar-refractivity contribution in [2.75, 3.05) is 13.1 Å². The van der Waals surface area contributed by atoms with Crippen LogP contribution in [0.2, 0.25) is 0 Å². The SMILES string of the molecule is CC1CCN1C(=O)c1cccc(C(=O)N2CCC2C)c1. The minimum atomic E-state index is 0.0371. The van der Waals surface area contributed by atoms with Crippen molar-refractivity contribution in [1.29, 1.82) is 0 Å². The first kappa shape index (κ1) is 13.2. The molecule has 20 heavy (non-hydrogen) atoms. The van der Waals surface area contributed by atoms with Crippen molar-refractivity contribution < 1.29 is 9.59 Å². The van der Waals surface area contributed by atoms with Crippen molar-refractivity contribution in [3.8, 4) is 0 Å². The third kappa shape index (κ3) is 2.09. The zero-order valence-electron chi connectivity index (χ0n) is 12.0. The molecule has 2 saturated heterocycles. The lowest BCUT2D eigenvalue weighted by molar-refractivity contribution is 0.0500.